The Balaban J connectivity index is 2.32. The standard InChI is InChI=1S/C20H16ClF3N2O3/c1-2-29-19(28)16-10-25-26(11-27)18(16)14-8-7-12(20(22,23)24)9-15(14)13-5-3-4-6-17(13)21/h3-10,27H,2,11H2,1H3. The van der Waals surface area contributed by atoms with Crippen LogP contribution in [-0.2, 0) is 17.6 Å². The van der Waals surface area contributed by atoms with Crippen molar-refractivity contribution in [3.63, 3.8) is 0 Å². The van der Waals surface area contributed by atoms with Crippen LogP contribution >= 0.6 is 11.6 Å². The zero-order valence-electron chi connectivity index (χ0n) is 15.2. The van der Waals surface area contributed by atoms with Crippen molar-refractivity contribution in [2.75, 3.05) is 6.61 Å². The molecule has 0 aliphatic heterocycles. The van der Waals surface area contributed by atoms with Gasteiger partial charge in [0, 0.05) is 16.1 Å². The minimum absolute atomic E-state index is 0.0222. The summed E-state index contributed by atoms with van der Waals surface area (Å²) in [6.45, 7) is 1.14. The van der Waals surface area contributed by atoms with Crippen molar-refractivity contribution < 1.29 is 27.8 Å². The Labute approximate surface area is 169 Å². The molecule has 1 heterocycles. The van der Waals surface area contributed by atoms with Crippen LogP contribution in [0.4, 0.5) is 13.2 Å². The zero-order valence-corrected chi connectivity index (χ0v) is 16.0. The Morgan fingerprint density at radius 2 is 1.90 bits per heavy atom. The SMILES string of the molecule is CCOC(=O)c1cnn(CO)c1-c1ccc(C(F)(F)F)cc1-c1ccccc1Cl. The monoisotopic (exact) mass is 424 g/mol. The molecule has 0 atom stereocenters. The molecule has 0 unspecified atom stereocenters. The third-order valence-electron chi connectivity index (χ3n) is 4.23. The fraction of sp³-hybridized carbons (Fsp3) is 0.200. The summed E-state index contributed by atoms with van der Waals surface area (Å²) in [5.74, 6) is -0.702. The molecule has 2 aromatic carbocycles. The first-order chi connectivity index (χ1) is 13.8. The molecule has 0 aliphatic rings. The van der Waals surface area contributed by atoms with E-state index in [2.05, 4.69) is 5.10 Å². The van der Waals surface area contributed by atoms with Crippen LogP contribution in [0.25, 0.3) is 22.4 Å². The molecule has 0 fully saturated rings. The molecule has 5 nitrogen and oxygen atoms in total. The molecule has 29 heavy (non-hydrogen) atoms. The number of aromatic nitrogens is 2. The van der Waals surface area contributed by atoms with Crippen LogP contribution in [0.1, 0.15) is 22.8 Å². The second-order valence-electron chi connectivity index (χ2n) is 6.01. The highest BCUT2D eigenvalue weighted by atomic mass is 35.5. The van der Waals surface area contributed by atoms with Gasteiger partial charge in [-0.25, -0.2) is 9.48 Å². The molecule has 0 saturated carbocycles. The van der Waals surface area contributed by atoms with Gasteiger partial charge in [-0.05, 0) is 30.7 Å². The lowest BCUT2D eigenvalue weighted by molar-refractivity contribution is -0.137. The molecule has 152 valence electrons. The third-order valence-corrected chi connectivity index (χ3v) is 4.56. The normalized spacial score (nSPS) is 11.5. The van der Waals surface area contributed by atoms with Crippen LogP contribution in [0.3, 0.4) is 0 Å². The van der Waals surface area contributed by atoms with Gasteiger partial charge in [-0.3, -0.25) is 0 Å². The fourth-order valence-electron chi connectivity index (χ4n) is 2.96. The first kappa shape index (κ1) is 20.9. The summed E-state index contributed by atoms with van der Waals surface area (Å²) >= 11 is 6.24. The third kappa shape index (κ3) is 4.13. The molecule has 0 aliphatic carbocycles. The van der Waals surface area contributed by atoms with Crippen LogP contribution in [-0.4, -0.2) is 27.5 Å². The van der Waals surface area contributed by atoms with Crippen molar-refractivity contribution in [1.82, 2.24) is 9.78 Å². The molecule has 0 bridgehead atoms. The lowest BCUT2D eigenvalue weighted by atomic mass is 9.93. The number of aliphatic hydroxyl groups is 1. The number of carbonyl (C=O) groups is 1. The van der Waals surface area contributed by atoms with Gasteiger partial charge in [0.25, 0.3) is 0 Å². The lowest BCUT2D eigenvalue weighted by Crippen LogP contribution is -2.10. The molecule has 0 saturated heterocycles. The minimum Gasteiger partial charge on any atom is -0.462 e. The van der Waals surface area contributed by atoms with E-state index < -0.39 is 24.4 Å². The number of rotatable bonds is 5. The molecule has 1 aromatic heterocycles. The first-order valence-corrected chi connectivity index (χ1v) is 8.96. The van der Waals surface area contributed by atoms with Gasteiger partial charge < -0.3 is 9.84 Å². The van der Waals surface area contributed by atoms with E-state index in [0.29, 0.717) is 5.56 Å². The van der Waals surface area contributed by atoms with Gasteiger partial charge in [0.15, 0.2) is 0 Å². The molecule has 1 N–H and O–H groups in total. The smallest absolute Gasteiger partial charge is 0.416 e. The van der Waals surface area contributed by atoms with E-state index in [0.717, 1.165) is 16.8 Å². The van der Waals surface area contributed by atoms with Crippen molar-refractivity contribution in [3.05, 3.63) is 64.8 Å². The maximum absolute atomic E-state index is 13.3. The van der Waals surface area contributed by atoms with Crippen molar-refractivity contribution in [3.8, 4) is 22.4 Å². The van der Waals surface area contributed by atoms with E-state index in [9.17, 15) is 23.1 Å². The number of hydrogen-bond acceptors (Lipinski definition) is 4. The summed E-state index contributed by atoms with van der Waals surface area (Å²) in [7, 11) is 0. The number of halogens is 4. The zero-order chi connectivity index (χ0) is 21.2. The van der Waals surface area contributed by atoms with Gasteiger partial charge in [-0.2, -0.15) is 18.3 Å². The summed E-state index contributed by atoms with van der Waals surface area (Å²) in [5.41, 5.74) is 0.0233. The molecule has 0 amide bonds. The van der Waals surface area contributed by atoms with Gasteiger partial charge in [0.1, 0.15) is 12.3 Å². The maximum atomic E-state index is 13.3. The Kier molecular flexibility index (Phi) is 5.95. The van der Waals surface area contributed by atoms with Crippen molar-refractivity contribution in [1.29, 1.82) is 0 Å². The number of nitrogens with zero attached hydrogens (tertiary/aromatic N) is 2. The summed E-state index contributed by atoms with van der Waals surface area (Å²) < 4.78 is 46.2. The molecule has 3 aromatic rings. The number of esters is 1. The maximum Gasteiger partial charge on any atom is 0.416 e. The first-order valence-electron chi connectivity index (χ1n) is 8.58. The fourth-order valence-corrected chi connectivity index (χ4v) is 3.20. The van der Waals surface area contributed by atoms with Crippen molar-refractivity contribution in [2.24, 2.45) is 0 Å². The van der Waals surface area contributed by atoms with Crippen LogP contribution < -0.4 is 0 Å². The van der Waals surface area contributed by atoms with Crippen molar-refractivity contribution in [2.45, 2.75) is 19.8 Å². The van der Waals surface area contributed by atoms with Crippen LogP contribution in [0.5, 0.6) is 0 Å². The average molecular weight is 425 g/mol. The lowest BCUT2D eigenvalue weighted by Gasteiger charge is -2.16. The summed E-state index contributed by atoms with van der Waals surface area (Å²) in [6.07, 6.45) is -3.37. The Bertz CT molecular complexity index is 1050. The number of carbonyl (C=O) groups excluding carboxylic acids is 1. The highest BCUT2D eigenvalue weighted by molar-refractivity contribution is 6.33. The quantitative estimate of drug-likeness (QED) is 0.584. The number of aliphatic hydroxyl groups excluding tert-OH is 1. The molecular weight excluding hydrogens is 409 g/mol. The van der Waals surface area contributed by atoms with Gasteiger partial charge >= 0.3 is 12.1 Å². The van der Waals surface area contributed by atoms with Gasteiger partial charge in [-0.1, -0.05) is 35.9 Å². The summed E-state index contributed by atoms with van der Waals surface area (Å²) in [4.78, 5) is 12.3. The topological polar surface area (TPSA) is 64.3 Å². The number of alkyl halides is 3. The predicted molar refractivity (Wildman–Crippen MR) is 101 cm³/mol. The Morgan fingerprint density at radius 3 is 2.52 bits per heavy atom. The number of hydrogen-bond donors (Lipinski definition) is 1. The number of benzene rings is 2. The van der Waals surface area contributed by atoms with E-state index in [4.69, 9.17) is 16.3 Å². The Morgan fingerprint density at radius 1 is 1.17 bits per heavy atom. The predicted octanol–water partition coefficient (Wildman–Crippen LogP) is 5.02. The largest absolute Gasteiger partial charge is 0.462 e. The highest BCUT2D eigenvalue weighted by Crippen LogP contribution is 2.41. The average Bonchev–Trinajstić information content (AvgIpc) is 3.11. The van der Waals surface area contributed by atoms with Crippen LogP contribution in [0.15, 0.2) is 48.7 Å². The van der Waals surface area contributed by atoms with Crippen molar-refractivity contribution >= 4 is 17.6 Å². The highest BCUT2D eigenvalue weighted by Gasteiger charge is 2.32. The molecule has 0 spiro atoms. The van der Waals surface area contributed by atoms with Gasteiger partial charge in [0.2, 0.25) is 0 Å². The molecule has 0 radical (unpaired) electrons. The van der Waals surface area contributed by atoms with E-state index in [1.165, 1.54) is 12.3 Å². The minimum atomic E-state index is -4.57. The number of ether oxygens (including phenoxy) is 1. The summed E-state index contributed by atoms with van der Waals surface area (Å²) in [6, 6.07) is 9.51. The van der Waals surface area contributed by atoms with E-state index in [1.807, 2.05) is 0 Å². The molecular formula is C20H16ClF3N2O3. The van der Waals surface area contributed by atoms with E-state index in [-0.39, 0.29) is 34.0 Å². The van der Waals surface area contributed by atoms with Gasteiger partial charge in [0.05, 0.1) is 24.1 Å². The second-order valence-corrected chi connectivity index (χ2v) is 6.41. The molecule has 9 heteroatoms. The summed E-state index contributed by atoms with van der Waals surface area (Å²) in [5, 5.41) is 13.8. The van der Waals surface area contributed by atoms with Crippen LogP contribution in [0, 0.1) is 0 Å². The van der Waals surface area contributed by atoms with Gasteiger partial charge in [-0.15, -0.1) is 0 Å². The van der Waals surface area contributed by atoms with E-state index >= 15 is 0 Å². The second kappa shape index (κ2) is 8.26. The Hall–Kier alpha value is -2.84. The van der Waals surface area contributed by atoms with Crippen LogP contribution in [0.2, 0.25) is 5.02 Å². The molecule has 3 rings (SSSR count). The van der Waals surface area contributed by atoms with E-state index in [1.54, 1.807) is 31.2 Å².